The van der Waals surface area contributed by atoms with Gasteiger partial charge in [-0.05, 0) is 31.4 Å². The molecule has 3 rings (SSSR count). The van der Waals surface area contributed by atoms with Gasteiger partial charge in [0.05, 0.1) is 11.9 Å². The Morgan fingerprint density at radius 2 is 2.26 bits per heavy atom. The van der Waals surface area contributed by atoms with Crippen LogP contribution in [0.5, 0.6) is 5.75 Å². The van der Waals surface area contributed by atoms with E-state index in [1.165, 1.54) is 0 Å². The number of rotatable bonds is 5. The van der Waals surface area contributed by atoms with Gasteiger partial charge in [0.2, 0.25) is 5.91 Å². The van der Waals surface area contributed by atoms with Gasteiger partial charge in [0.25, 0.3) is 0 Å². The van der Waals surface area contributed by atoms with Crippen molar-refractivity contribution < 1.29 is 9.53 Å². The fourth-order valence-corrected chi connectivity index (χ4v) is 2.76. The molecule has 0 unspecified atom stereocenters. The Bertz CT molecular complexity index is 719. The molecule has 0 saturated heterocycles. The van der Waals surface area contributed by atoms with Gasteiger partial charge >= 0.3 is 0 Å². The SMILES string of the molecule is Cc1ccc2c(c1)-c1c(cnn1CC(=O)NCCC(C)C)CO2. The van der Waals surface area contributed by atoms with Crippen LogP contribution in [0.3, 0.4) is 0 Å². The topological polar surface area (TPSA) is 56.2 Å². The Morgan fingerprint density at radius 1 is 1.43 bits per heavy atom. The Labute approximate surface area is 136 Å². The number of fused-ring (bicyclic) bond motifs is 3. The highest BCUT2D eigenvalue weighted by molar-refractivity contribution is 5.78. The summed E-state index contributed by atoms with van der Waals surface area (Å²) in [6, 6.07) is 6.10. The van der Waals surface area contributed by atoms with Crippen LogP contribution in [0.25, 0.3) is 11.3 Å². The molecule has 0 atom stereocenters. The van der Waals surface area contributed by atoms with Gasteiger partial charge in [-0.2, -0.15) is 5.10 Å². The van der Waals surface area contributed by atoms with Crippen LogP contribution in [0.4, 0.5) is 0 Å². The Morgan fingerprint density at radius 3 is 3.04 bits per heavy atom. The predicted octanol–water partition coefficient (Wildman–Crippen LogP) is 2.91. The van der Waals surface area contributed by atoms with Gasteiger partial charge in [0.1, 0.15) is 18.9 Å². The van der Waals surface area contributed by atoms with E-state index in [0.29, 0.717) is 19.1 Å². The molecule has 0 saturated carbocycles. The molecule has 5 heteroatoms. The van der Waals surface area contributed by atoms with Crippen LogP contribution < -0.4 is 10.1 Å². The molecule has 1 aromatic carbocycles. The molecule has 1 N–H and O–H groups in total. The van der Waals surface area contributed by atoms with Crippen LogP contribution >= 0.6 is 0 Å². The van der Waals surface area contributed by atoms with Crippen LogP contribution in [0, 0.1) is 12.8 Å². The summed E-state index contributed by atoms with van der Waals surface area (Å²) in [6.45, 7) is 7.79. The molecule has 0 aliphatic carbocycles. The largest absolute Gasteiger partial charge is 0.488 e. The van der Waals surface area contributed by atoms with Crippen LogP contribution in [0.1, 0.15) is 31.4 Å². The summed E-state index contributed by atoms with van der Waals surface area (Å²) in [6.07, 6.45) is 2.78. The van der Waals surface area contributed by atoms with Crippen molar-refractivity contribution in [2.45, 2.75) is 40.3 Å². The van der Waals surface area contributed by atoms with Crippen molar-refractivity contribution in [3.63, 3.8) is 0 Å². The first kappa shape index (κ1) is 15.6. The lowest BCUT2D eigenvalue weighted by atomic mass is 10.0. The molecule has 2 heterocycles. The number of hydrogen-bond acceptors (Lipinski definition) is 3. The second-order valence-electron chi connectivity index (χ2n) is 6.50. The number of amides is 1. The molecule has 2 aromatic rings. The molecule has 1 aliphatic heterocycles. The molecule has 23 heavy (non-hydrogen) atoms. The standard InChI is InChI=1S/C18H23N3O2/c1-12(2)6-7-19-17(22)10-21-18-14(9-20-21)11-23-16-5-4-13(3)8-15(16)18/h4-5,8-9,12H,6-7,10-11H2,1-3H3,(H,19,22). The molecule has 1 aliphatic rings. The second kappa shape index (κ2) is 6.44. The third-order valence-electron chi connectivity index (χ3n) is 4.03. The number of nitrogens with one attached hydrogen (secondary N) is 1. The van der Waals surface area contributed by atoms with E-state index in [1.807, 2.05) is 19.1 Å². The smallest absolute Gasteiger partial charge is 0.241 e. The van der Waals surface area contributed by atoms with E-state index in [-0.39, 0.29) is 12.5 Å². The zero-order valence-electron chi connectivity index (χ0n) is 13.9. The highest BCUT2D eigenvalue weighted by Crippen LogP contribution is 2.37. The number of aromatic nitrogens is 2. The lowest BCUT2D eigenvalue weighted by Gasteiger charge is -2.19. The summed E-state index contributed by atoms with van der Waals surface area (Å²) >= 11 is 0. The van der Waals surface area contributed by atoms with Gasteiger partial charge in [0, 0.05) is 17.7 Å². The van der Waals surface area contributed by atoms with Crippen LogP contribution in [0.15, 0.2) is 24.4 Å². The van der Waals surface area contributed by atoms with Crippen LogP contribution in [0.2, 0.25) is 0 Å². The van der Waals surface area contributed by atoms with Gasteiger partial charge in [-0.25, -0.2) is 0 Å². The minimum atomic E-state index is -0.00255. The van der Waals surface area contributed by atoms with Crippen molar-refractivity contribution in [2.75, 3.05) is 6.54 Å². The van der Waals surface area contributed by atoms with Crippen LogP contribution in [-0.2, 0) is 17.9 Å². The maximum atomic E-state index is 12.2. The number of carbonyl (C=O) groups excluding carboxylic acids is 1. The highest BCUT2D eigenvalue weighted by Gasteiger charge is 2.23. The van der Waals surface area contributed by atoms with E-state index in [9.17, 15) is 4.79 Å². The number of aryl methyl sites for hydroxylation is 1. The first-order valence-electron chi connectivity index (χ1n) is 8.10. The lowest BCUT2D eigenvalue weighted by Crippen LogP contribution is -2.29. The molecule has 122 valence electrons. The Hall–Kier alpha value is -2.30. The summed E-state index contributed by atoms with van der Waals surface area (Å²) in [5.74, 6) is 1.43. The molecular weight excluding hydrogens is 290 g/mol. The van der Waals surface area contributed by atoms with Gasteiger partial charge < -0.3 is 10.1 Å². The zero-order chi connectivity index (χ0) is 16.4. The molecule has 0 bridgehead atoms. The molecule has 1 aromatic heterocycles. The van der Waals surface area contributed by atoms with Crippen LogP contribution in [-0.4, -0.2) is 22.2 Å². The third kappa shape index (κ3) is 3.38. The van der Waals surface area contributed by atoms with Gasteiger partial charge in [-0.15, -0.1) is 0 Å². The van der Waals surface area contributed by atoms with E-state index >= 15 is 0 Å². The van der Waals surface area contributed by atoms with E-state index in [0.717, 1.165) is 34.6 Å². The molecule has 0 radical (unpaired) electrons. The predicted molar refractivity (Wildman–Crippen MR) is 89.2 cm³/mol. The van der Waals surface area contributed by atoms with Crippen molar-refractivity contribution in [3.8, 4) is 17.0 Å². The number of carbonyl (C=O) groups is 1. The monoisotopic (exact) mass is 313 g/mol. The summed E-state index contributed by atoms with van der Waals surface area (Å²) in [7, 11) is 0. The minimum Gasteiger partial charge on any atom is -0.488 e. The zero-order valence-corrected chi connectivity index (χ0v) is 13.9. The first-order chi connectivity index (χ1) is 11.0. The molecule has 0 spiro atoms. The van der Waals surface area contributed by atoms with E-state index in [2.05, 4.69) is 30.3 Å². The quantitative estimate of drug-likeness (QED) is 0.923. The van der Waals surface area contributed by atoms with Gasteiger partial charge in [-0.1, -0.05) is 25.5 Å². The third-order valence-corrected chi connectivity index (χ3v) is 4.03. The van der Waals surface area contributed by atoms with E-state index in [1.54, 1.807) is 10.9 Å². The Kier molecular flexibility index (Phi) is 4.37. The van der Waals surface area contributed by atoms with Crippen molar-refractivity contribution in [1.82, 2.24) is 15.1 Å². The van der Waals surface area contributed by atoms with E-state index in [4.69, 9.17) is 4.74 Å². The van der Waals surface area contributed by atoms with Crippen molar-refractivity contribution in [3.05, 3.63) is 35.5 Å². The number of ether oxygens (including phenoxy) is 1. The number of benzene rings is 1. The van der Waals surface area contributed by atoms with Crippen molar-refractivity contribution in [2.24, 2.45) is 5.92 Å². The normalized spacial score (nSPS) is 12.5. The summed E-state index contributed by atoms with van der Waals surface area (Å²) in [5, 5.41) is 7.35. The maximum Gasteiger partial charge on any atom is 0.241 e. The molecular formula is C18H23N3O2. The summed E-state index contributed by atoms with van der Waals surface area (Å²) in [4.78, 5) is 12.2. The fourth-order valence-electron chi connectivity index (χ4n) is 2.76. The molecule has 5 nitrogen and oxygen atoms in total. The lowest BCUT2D eigenvalue weighted by molar-refractivity contribution is -0.121. The second-order valence-corrected chi connectivity index (χ2v) is 6.50. The van der Waals surface area contributed by atoms with Gasteiger partial charge in [0.15, 0.2) is 0 Å². The number of hydrogen-bond donors (Lipinski definition) is 1. The minimum absolute atomic E-state index is 0.00255. The van der Waals surface area contributed by atoms with Gasteiger partial charge in [-0.3, -0.25) is 9.48 Å². The van der Waals surface area contributed by atoms with Crippen molar-refractivity contribution in [1.29, 1.82) is 0 Å². The molecule has 1 amide bonds. The van der Waals surface area contributed by atoms with Crippen molar-refractivity contribution >= 4 is 5.91 Å². The number of nitrogens with zero attached hydrogens (tertiary/aromatic N) is 2. The maximum absolute atomic E-state index is 12.2. The summed E-state index contributed by atoms with van der Waals surface area (Å²) in [5.41, 5.74) is 4.19. The summed E-state index contributed by atoms with van der Waals surface area (Å²) < 4.78 is 7.54. The first-order valence-corrected chi connectivity index (χ1v) is 8.10. The Balaban J connectivity index is 1.79. The average Bonchev–Trinajstić information content (AvgIpc) is 2.90. The fraction of sp³-hybridized carbons (Fsp3) is 0.444. The average molecular weight is 313 g/mol. The molecule has 0 fully saturated rings. The van der Waals surface area contributed by atoms with E-state index < -0.39 is 0 Å². The highest BCUT2D eigenvalue weighted by atomic mass is 16.5.